The molecular weight excluding hydrogens is 228 g/mol. The van der Waals surface area contributed by atoms with Gasteiger partial charge in [0.15, 0.2) is 5.82 Å². The zero-order chi connectivity index (χ0) is 13.7. The van der Waals surface area contributed by atoms with Gasteiger partial charge in [-0.15, -0.1) is 0 Å². The molecule has 2 N–H and O–H groups in total. The van der Waals surface area contributed by atoms with Crippen LogP contribution in [0.3, 0.4) is 0 Å². The Kier molecular flexibility index (Phi) is 2.76. The van der Waals surface area contributed by atoms with Gasteiger partial charge >= 0.3 is 0 Å². The summed E-state index contributed by atoms with van der Waals surface area (Å²) in [6.45, 7) is 10.3. The van der Waals surface area contributed by atoms with Crippen molar-refractivity contribution in [3.63, 3.8) is 0 Å². The van der Waals surface area contributed by atoms with Crippen molar-refractivity contribution in [2.24, 2.45) is 5.73 Å². The monoisotopic (exact) mass is 250 g/mol. The van der Waals surface area contributed by atoms with Gasteiger partial charge in [-0.25, -0.2) is 9.67 Å². The molecule has 0 saturated heterocycles. The van der Waals surface area contributed by atoms with E-state index in [9.17, 15) is 4.79 Å². The SMILES string of the molecule is CC(C)c1nc(C2(C(N)=O)CC2)n(C(C)(C)C)n1. The van der Waals surface area contributed by atoms with Gasteiger partial charge in [0.05, 0.1) is 5.54 Å². The number of carbonyl (C=O) groups excluding carboxylic acids is 1. The van der Waals surface area contributed by atoms with E-state index in [1.54, 1.807) is 0 Å². The van der Waals surface area contributed by atoms with Crippen molar-refractivity contribution >= 4 is 5.91 Å². The molecule has 5 heteroatoms. The van der Waals surface area contributed by atoms with Crippen LogP contribution in [0, 0.1) is 0 Å². The topological polar surface area (TPSA) is 73.8 Å². The fourth-order valence-electron chi connectivity index (χ4n) is 2.06. The number of carbonyl (C=O) groups is 1. The Balaban J connectivity index is 2.56. The predicted molar refractivity (Wildman–Crippen MR) is 69.2 cm³/mol. The Morgan fingerprint density at radius 2 is 1.94 bits per heavy atom. The van der Waals surface area contributed by atoms with Crippen molar-refractivity contribution in [2.75, 3.05) is 0 Å². The first-order chi connectivity index (χ1) is 8.18. The normalized spacial score (nSPS) is 18.1. The summed E-state index contributed by atoms with van der Waals surface area (Å²) in [6, 6.07) is 0. The Hall–Kier alpha value is -1.39. The summed E-state index contributed by atoms with van der Waals surface area (Å²) < 4.78 is 1.88. The molecule has 1 saturated carbocycles. The Morgan fingerprint density at radius 3 is 2.28 bits per heavy atom. The summed E-state index contributed by atoms with van der Waals surface area (Å²) in [5.74, 6) is 1.49. The maximum Gasteiger partial charge on any atom is 0.231 e. The number of hydrogen-bond acceptors (Lipinski definition) is 3. The molecule has 1 amide bonds. The number of rotatable bonds is 3. The van der Waals surface area contributed by atoms with Crippen LogP contribution in [0.2, 0.25) is 0 Å². The quantitative estimate of drug-likeness (QED) is 0.886. The second kappa shape index (κ2) is 3.80. The molecule has 1 aromatic rings. The average Bonchev–Trinajstić information content (AvgIpc) is 2.89. The molecule has 0 unspecified atom stereocenters. The van der Waals surface area contributed by atoms with E-state index in [0.29, 0.717) is 0 Å². The van der Waals surface area contributed by atoms with Crippen molar-refractivity contribution in [1.29, 1.82) is 0 Å². The van der Waals surface area contributed by atoms with Gasteiger partial charge < -0.3 is 5.73 Å². The lowest BCUT2D eigenvalue weighted by Gasteiger charge is -2.23. The second-order valence-corrected chi connectivity index (χ2v) is 6.48. The third-order valence-corrected chi connectivity index (χ3v) is 3.43. The molecular formula is C13H22N4O. The minimum atomic E-state index is -0.576. The predicted octanol–water partition coefficient (Wildman–Crippen LogP) is 1.67. The lowest BCUT2D eigenvalue weighted by Crippen LogP contribution is -2.35. The Bertz CT molecular complexity index is 478. The van der Waals surface area contributed by atoms with Gasteiger partial charge in [-0.05, 0) is 33.6 Å². The van der Waals surface area contributed by atoms with Crippen molar-refractivity contribution in [3.8, 4) is 0 Å². The Labute approximate surface area is 108 Å². The summed E-state index contributed by atoms with van der Waals surface area (Å²) in [4.78, 5) is 16.3. The number of primary amides is 1. The molecule has 0 spiro atoms. The number of amides is 1. The van der Waals surface area contributed by atoms with E-state index < -0.39 is 5.41 Å². The van der Waals surface area contributed by atoms with Gasteiger partial charge in [0.1, 0.15) is 11.2 Å². The third kappa shape index (κ3) is 1.91. The molecule has 1 aliphatic rings. The summed E-state index contributed by atoms with van der Waals surface area (Å²) in [5.41, 5.74) is 4.77. The molecule has 0 radical (unpaired) electrons. The first-order valence-electron chi connectivity index (χ1n) is 6.46. The number of hydrogen-bond donors (Lipinski definition) is 1. The molecule has 0 aliphatic heterocycles. The van der Waals surface area contributed by atoms with Crippen molar-refractivity contribution < 1.29 is 4.79 Å². The molecule has 0 bridgehead atoms. The molecule has 100 valence electrons. The van der Waals surface area contributed by atoms with E-state index in [2.05, 4.69) is 44.7 Å². The average molecular weight is 250 g/mol. The molecule has 1 fully saturated rings. The first-order valence-corrected chi connectivity index (χ1v) is 6.46. The number of nitrogens with zero attached hydrogens (tertiary/aromatic N) is 3. The van der Waals surface area contributed by atoms with E-state index in [0.717, 1.165) is 24.5 Å². The zero-order valence-corrected chi connectivity index (χ0v) is 11.8. The van der Waals surface area contributed by atoms with Crippen LogP contribution in [-0.4, -0.2) is 20.7 Å². The van der Waals surface area contributed by atoms with Crippen molar-refractivity contribution in [1.82, 2.24) is 14.8 Å². The van der Waals surface area contributed by atoms with Gasteiger partial charge in [0.25, 0.3) is 0 Å². The number of nitrogens with two attached hydrogens (primary N) is 1. The van der Waals surface area contributed by atoms with E-state index >= 15 is 0 Å². The fraction of sp³-hybridized carbons (Fsp3) is 0.769. The Morgan fingerprint density at radius 1 is 1.39 bits per heavy atom. The minimum absolute atomic E-state index is 0.194. The molecule has 1 heterocycles. The van der Waals surface area contributed by atoms with Crippen LogP contribution in [0.4, 0.5) is 0 Å². The van der Waals surface area contributed by atoms with Crippen LogP contribution >= 0.6 is 0 Å². The van der Waals surface area contributed by atoms with Crippen molar-refractivity contribution in [3.05, 3.63) is 11.6 Å². The molecule has 5 nitrogen and oxygen atoms in total. The lowest BCUT2D eigenvalue weighted by molar-refractivity contribution is -0.120. The van der Waals surface area contributed by atoms with Gasteiger partial charge in [-0.2, -0.15) is 5.10 Å². The summed E-state index contributed by atoms with van der Waals surface area (Å²) in [6.07, 6.45) is 1.57. The highest BCUT2D eigenvalue weighted by atomic mass is 16.1. The van der Waals surface area contributed by atoms with Crippen molar-refractivity contribution in [2.45, 2.75) is 64.3 Å². The first kappa shape index (κ1) is 13.1. The molecule has 0 aromatic carbocycles. The maximum absolute atomic E-state index is 11.7. The van der Waals surface area contributed by atoms with E-state index in [1.165, 1.54) is 0 Å². The van der Waals surface area contributed by atoms with Crippen LogP contribution in [0.25, 0.3) is 0 Å². The van der Waals surface area contributed by atoms with Gasteiger partial charge in [-0.1, -0.05) is 13.8 Å². The summed E-state index contributed by atoms with van der Waals surface area (Å²) in [5, 5.41) is 4.57. The van der Waals surface area contributed by atoms with Crippen LogP contribution < -0.4 is 5.73 Å². The number of aromatic nitrogens is 3. The van der Waals surface area contributed by atoms with Crippen LogP contribution in [-0.2, 0) is 15.7 Å². The summed E-state index contributed by atoms with van der Waals surface area (Å²) in [7, 11) is 0. The van der Waals surface area contributed by atoms with Crippen LogP contribution in [0.15, 0.2) is 0 Å². The van der Waals surface area contributed by atoms with Gasteiger partial charge in [-0.3, -0.25) is 4.79 Å². The molecule has 1 aromatic heterocycles. The minimum Gasteiger partial charge on any atom is -0.369 e. The maximum atomic E-state index is 11.7. The molecule has 18 heavy (non-hydrogen) atoms. The van der Waals surface area contributed by atoms with Crippen LogP contribution in [0.5, 0.6) is 0 Å². The molecule has 1 aliphatic carbocycles. The van der Waals surface area contributed by atoms with E-state index in [4.69, 9.17) is 5.73 Å². The largest absolute Gasteiger partial charge is 0.369 e. The standard InChI is InChI=1S/C13H22N4O/c1-8(2)9-15-11(13(6-7-13)10(14)18)17(16-9)12(3,4)5/h8H,6-7H2,1-5H3,(H2,14,18). The van der Waals surface area contributed by atoms with E-state index in [1.807, 2.05) is 4.68 Å². The van der Waals surface area contributed by atoms with Gasteiger partial charge in [0, 0.05) is 5.92 Å². The highest BCUT2D eigenvalue weighted by Gasteiger charge is 2.54. The van der Waals surface area contributed by atoms with Gasteiger partial charge in [0.2, 0.25) is 5.91 Å². The lowest BCUT2D eigenvalue weighted by atomic mass is 10.0. The smallest absolute Gasteiger partial charge is 0.231 e. The third-order valence-electron chi connectivity index (χ3n) is 3.43. The van der Waals surface area contributed by atoms with Crippen LogP contribution in [0.1, 0.15) is 65.0 Å². The van der Waals surface area contributed by atoms with E-state index in [-0.39, 0.29) is 17.4 Å². The fourth-order valence-corrected chi connectivity index (χ4v) is 2.06. The highest BCUT2D eigenvalue weighted by Crippen LogP contribution is 2.48. The summed E-state index contributed by atoms with van der Waals surface area (Å²) >= 11 is 0. The zero-order valence-electron chi connectivity index (χ0n) is 11.8. The molecule has 2 rings (SSSR count). The second-order valence-electron chi connectivity index (χ2n) is 6.48. The molecule has 0 atom stereocenters. The highest BCUT2D eigenvalue weighted by molar-refractivity contribution is 5.88.